The van der Waals surface area contributed by atoms with Gasteiger partial charge < -0.3 is 5.73 Å². The molecule has 0 aromatic carbocycles. The Morgan fingerprint density at radius 1 is 1.33 bits per heavy atom. The molecule has 18 heavy (non-hydrogen) atoms. The summed E-state index contributed by atoms with van der Waals surface area (Å²) in [6.07, 6.45) is -1.30. The second-order valence-electron chi connectivity index (χ2n) is 4.54. The lowest BCUT2D eigenvalue weighted by atomic mass is 10.1. The molecule has 0 saturated carbocycles. The number of aromatic nitrogens is 2. The second kappa shape index (κ2) is 6.22. The maximum atomic E-state index is 12.1. The second-order valence-corrected chi connectivity index (χ2v) is 4.54. The Hall–Kier alpha value is -1.04. The van der Waals surface area contributed by atoms with Crippen molar-refractivity contribution in [2.75, 3.05) is 0 Å². The van der Waals surface area contributed by atoms with Crippen LogP contribution < -0.4 is 5.73 Å². The van der Waals surface area contributed by atoms with Gasteiger partial charge in [0.1, 0.15) is 0 Å². The van der Waals surface area contributed by atoms with Gasteiger partial charge >= 0.3 is 6.18 Å². The monoisotopic (exact) mass is 263 g/mol. The van der Waals surface area contributed by atoms with Crippen LogP contribution in [0.1, 0.15) is 44.8 Å². The van der Waals surface area contributed by atoms with Gasteiger partial charge in [-0.05, 0) is 18.9 Å². The van der Waals surface area contributed by atoms with Crippen LogP contribution in [-0.2, 0) is 6.42 Å². The molecule has 0 radical (unpaired) electrons. The molecule has 0 aliphatic carbocycles. The van der Waals surface area contributed by atoms with Gasteiger partial charge in [0.15, 0.2) is 0 Å². The van der Waals surface area contributed by atoms with Crippen LogP contribution in [0, 0.1) is 0 Å². The van der Waals surface area contributed by atoms with Gasteiger partial charge in [-0.3, -0.25) is 4.68 Å². The van der Waals surface area contributed by atoms with Crippen LogP contribution in [0.5, 0.6) is 0 Å². The first-order valence-electron chi connectivity index (χ1n) is 6.22. The third-order valence-electron chi connectivity index (χ3n) is 2.95. The van der Waals surface area contributed by atoms with Crippen molar-refractivity contribution in [2.24, 2.45) is 5.73 Å². The van der Waals surface area contributed by atoms with Crippen molar-refractivity contribution < 1.29 is 13.2 Å². The molecule has 1 heterocycles. The molecule has 1 aromatic rings. The molecule has 0 saturated heterocycles. The quantitative estimate of drug-likeness (QED) is 0.857. The summed E-state index contributed by atoms with van der Waals surface area (Å²) in [5.41, 5.74) is 6.10. The topological polar surface area (TPSA) is 43.8 Å². The van der Waals surface area contributed by atoms with Crippen molar-refractivity contribution in [1.82, 2.24) is 9.78 Å². The van der Waals surface area contributed by atoms with Gasteiger partial charge in [-0.2, -0.15) is 18.3 Å². The van der Waals surface area contributed by atoms with E-state index in [2.05, 4.69) is 18.9 Å². The van der Waals surface area contributed by atoms with Gasteiger partial charge in [-0.25, -0.2) is 0 Å². The lowest BCUT2D eigenvalue weighted by Gasteiger charge is -2.14. The highest BCUT2D eigenvalue weighted by Crippen LogP contribution is 2.22. The van der Waals surface area contributed by atoms with E-state index in [-0.39, 0.29) is 6.42 Å². The van der Waals surface area contributed by atoms with Crippen molar-refractivity contribution in [3.05, 3.63) is 18.0 Å². The summed E-state index contributed by atoms with van der Waals surface area (Å²) >= 11 is 0. The highest BCUT2D eigenvalue weighted by molar-refractivity contribution is 5.02. The largest absolute Gasteiger partial charge is 0.390 e. The molecule has 0 amide bonds. The van der Waals surface area contributed by atoms with Crippen LogP contribution in [0.4, 0.5) is 13.2 Å². The van der Waals surface area contributed by atoms with Gasteiger partial charge in [0.2, 0.25) is 0 Å². The first kappa shape index (κ1) is 15.0. The van der Waals surface area contributed by atoms with Crippen molar-refractivity contribution in [1.29, 1.82) is 0 Å². The minimum Gasteiger partial charge on any atom is -0.327 e. The molecule has 104 valence electrons. The highest BCUT2D eigenvalue weighted by atomic mass is 19.4. The number of nitrogens with zero attached hydrogens (tertiary/aromatic N) is 2. The van der Waals surface area contributed by atoms with E-state index in [0.717, 1.165) is 12.8 Å². The fraction of sp³-hybridized carbons (Fsp3) is 0.750. The smallest absolute Gasteiger partial charge is 0.327 e. The fourth-order valence-electron chi connectivity index (χ4n) is 1.99. The van der Waals surface area contributed by atoms with Crippen LogP contribution in [0.15, 0.2) is 12.3 Å². The van der Waals surface area contributed by atoms with E-state index in [4.69, 9.17) is 5.73 Å². The molecule has 0 bridgehead atoms. The third-order valence-corrected chi connectivity index (χ3v) is 2.95. The van der Waals surface area contributed by atoms with E-state index in [9.17, 15) is 13.2 Å². The number of halogens is 3. The Morgan fingerprint density at radius 2 is 1.94 bits per heavy atom. The standard InChI is InChI=1S/C12H20F3N3/c1-3-11(4-2)18-6-5-10(17-18)7-9(16)8-12(13,14)15/h5-6,9,11H,3-4,7-8,16H2,1-2H3. The summed E-state index contributed by atoms with van der Waals surface area (Å²) in [6, 6.07) is 1.13. The zero-order valence-electron chi connectivity index (χ0n) is 10.7. The Kier molecular flexibility index (Phi) is 5.19. The van der Waals surface area contributed by atoms with Crippen molar-refractivity contribution in [3.63, 3.8) is 0 Å². The zero-order chi connectivity index (χ0) is 13.8. The number of nitrogens with two attached hydrogens (primary N) is 1. The van der Waals surface area contributed by atoms with Gasteiger partial charge in [-0.15, -0.1) is 0 Å². The van der Waals surface area contributed by atoms with E-state index < -0.39 is 18.6 Å². The molecule has 1 atom stereocenters. The Morgan fingerprint density at radius 3 is 2.44 bits per heavy atom. The summed E-state index contributed by atoms with van der Waals surface area (Å²) in [5, 5.41) is 4.29. The van der Waals surface area contributed by atoms with E-state index in [1.165, 1.54) is 0 Å². The Bertz CT molecular complexity index is 356. The number of rotatable bonds is 6. The Labute approximate surface area is 105 Å². The maximum Gasteiger partial charge on any atom is 0.390 e. The summed E-state index contributed by atoms with van der Waals surface area (Å²) in [7, 11) is 0. The molecule has 1 rings (SSSR count). The number of hydrogen-bond acceptors (Lipinski definition) is 2. The molecule has 2 N–H and O–H groups in total. The van der Waals surface area contributed by atoms with Gasteiger partial charge in [0, 0.05) is 18.7 Å². The SMILES string of the molecule is CCC(CC)n1ccc(CC(N)CC(F)(F)F)n1. The fourth-order valence-corrected chi connectivity index (χ4v) is 1.99. The molecule has 0 aliphatic rings. The zero-order valence-corrected chi connectivity index (χ0v) is 10.7. The van der Waals surface area contributed by atoms with Gasteiger partial charge in [0.25, 0.3) is 0 Å². The highest BCUT2D eigenvalue weighted by Gasteiger charge is 2.30. The van der Waals surface area contributed by atoms with Crippen LogP contribution in [-0.4, -0.2) is 22.0 Å². The van der Waals surface area contributed by atoms with Crippen molar-refractivity contribution in [3.8, 4) is 0 Å². The van der Waals surface area contributed by atoms with Crippen LogP contribution in [0.25, 0.3) is 0 Å². The molecule has 0 aliphatic heterocycles. The summed E-state index contributed by atoms with van der Waals surface area (Å²) in [5.74, 6) is 0. The third kappa shape index (κ3) is 4.68. The predicted molar refractivity (Wildman–Crippen MR) is 64.2 cm³/mol. The minimum absolute atomic E-state index is 0.159. The predicted octanol–water partition coefficient (Wildman–Crippen LogP) is 3.07. The average molecular weight is 263 g/mol. The molecule has 6 heteroatoms. The van der Waals surface area contributed by atoms with Crippen molar-refractivity contribution in [2.45, 2.75) is 57.8 Å². The maximum absolute atomic E-state index is 12.1. The summed E-state index contributed by atoms with van der Waals surface area (Å²) in [4.78, 5) is 0. The summed E-state index contributed by atoms with van der Waals surface area (Å²) < 4.78 is 38.3. The molecular formula is C12H20F3N3. The normalized spacial score (nSPS) is 14.2. The lowest BCUT2D eigenvalue weighted by molar-refractivity contribution is -0.138. The molecule has 1 aromatic heterocycles. The van der Waals surface area contributed by atoms with Gasteiger partial charge in [0.05, 0.1) is 18.2 Å². The first-order valence-corrected chi connectivity index (χ1v) is 6.22. The van der Waals surface area contributed by atoms with E-state index in [1.807, 2.05) is 10.9 Å². The average Bonchev–Trinajstić information content (AvgIpc) is 2.65. The first-order chi connectivity index (χ1) is 8.35. The lowest BCUT2D eigenvalue weighted by Crippen LogP contribution is -2.29. The van der Waals surface area contributed by atoms with Crippen LogP contribution >= 0.6 is 0 Å². The minimum atomic E-state index is -4.21. The van der Waals surface area contributed by atoms with Crippen molar-refractivity contribution >= 4 is 0 Å². The van der Waals surface area contributed by atoms with Crippen LogP contribution in [0.3, 0.4) is 0 Å². The number of alkyl halides is 3. The van der Waals surface area contributed by atoms with Crippen LogP contribution in [0.2, 0.25) is 0 Å². The van der Waals surface area contributed by atoms with E-state index in [1.54, 1.807) is 6.07 Å². The van der Waals surface area contributed by atoms with E-state index >= 15 is 0 Å². The molecule has 0 fully saturated rings. The molecule has 0 spiro atoms. The molecule has 3 nitrogen and oxygen atoms in total. The number of hydrogen-bond donors (Lipinski definition) is 1. The Balaban J connectivity index is 2.58. The molecular weight excluding hydrogens is 243 g/mol. The van der Waals surface area contributed by atoms with Gasteiger partial charge in [-0.1, -0.05) is 13.8 Å². The summed E-state index contributed by atoms with van der Waals surface area (Å²) in [6.45, 7) is 4.12. The molecule has 1 unspecified atom stereocenters. The van der Waals surface area contributed by atoms with E-state index in [0.29, 0.717) is 11.7 Å².